The summed E-state index contributed by atoms with van der Waals surface area (Å²) in [6.45, 7) is 2.80. The molecule has 9 heteroatoms. The van der Waals surface area contributed by atoms with Crippen molar-refractivity contribution in [3.05, 3.63) is 51.5 Å². The highest BCUT2D eigenvalue weighted by Crippen LogP contribution is 2.34. The van der Waals surface area contributed by atoms with Crippen molar-refractivity contribution in [2.24, 2.45) is 5.92 Å². The van der Waals surface area contributed by atoms with E-state index in [4.69, 9.17) is 44.5 Å². The number of nitrogens with zero attached hydrogens (tertiary/aromatic N) is 3. The molecule has 0 unspecified atom stereocenters. The molecule has 1 amide bonds. The molecule has 0 radical (unpaired) electrons. The van der Waals surface area contributed by atoms with E-state index in [0.717, 1.165) is 61.6 Å². The van der Waals surface area contributed by atoms with E-state index in [2.05, 4.69) is 14.8 Å². The zero-order valence-corrected chi connectivity index (χ0v) is 19.6. The third-order valence-corrected chi connectivity index (χ3v) is 7.16. The van der Waals surface area contributed by atoms with Gasteiger partial charge in [-0.2, -0.15) is 0 Å². The second kappa shape index (κ2) is 9.10. The fraction of sp³-hybridized carbons (Fsp3) is 0.391. The highest BCUT2D eigenvalue weighted by Gasteiger charge is 2.30. The highest BCUT2D eigenvalue weighted by molar-refractivity contribution is 6.42. The Hall–Kier alpha value is -1.99. The van der Waals surface area contributed by atoms with E-state index in [1.165, 1.54) is 0 Å². The number of rotatable bonds is 4. The van der Waals surface area contributed by atoms with Gasteiger partial charge in [-0.15, -0.1) is 0 Å². The molecule has 3 heterocycles. The number of carbonyl (C=O) groups is 1. The van der Waals surface area contributed by atoms with Crippen LogP contribution < -0.4 is 10.2 Å². The van der Waals surface area contributed by atoms with Gasteiger partial charge in [0.05, 0.1) is 33.7 Å². The normalized spacial score (nSPS) is 19.6. The number of amides is 1. The molecule has 2 aromatic carbocycles. The van der Waals surface area contributed by atoms with Gasteiger partial charge >= 0.3 is 0 Å². The van der Waals surface area contributed by atoms with Crippen LogP contribution in [0.2, 0.25) is 15.1 Å². The van der Waals surface area contributed by atoms with Gasteiger partial charge in [0, 0.05) is 36.3 Å². The van der Waals surface area contributed by atoms with Crippen LogP contribution in [-0.2, 0) is 9.53 Å². The number of aromatic nitrogens is 2. The smallest absolute Gasteiger partial charge is 0.223 e. The fourth-order valence-corrected chi connectivity index (χ4v) is 4.87. The Bertz CT molecular complexity index is 1130. The summed E-state index contributed by atoms with van der Waals surface area (Å²) in [5.41, 5.74) is 2.58. The van der Waals surface area contributed by atoms with Crippen LogP contribution in [0.5, 0.6) is 0 Å². The number of halogens is 3. The topological polar surface area (TPSA) is 59.4 Å². The van der Waals surface area contributed by atoms with Crippen LogP contribution in [0, 0.1) is 5.92 Å². The second-order valence-electron chi connectivity index (χ2n) is 8.31. The highest BCUT2D eigenvalue weighted by atomic mass is 35.5. The van der Waals surface area contributed by atoms with Crippen molar-refractivity contribution in [2.75, 3.05) is 31.2 Å². The van der Waals surface area contributed by atoms with E-state index >= 15 is 0 Å². The van der Waals surface area contributed by atoms with Crippen molar-refractivity contribution in [3.63, 3.8) is 0 Å². The molecule has 2 aliphatic rings. The SMILES string of the molecule is O=C(N[C@@H]1CCOC1)C1CCN(c2nc3cc(Cl)c(Cl)cc3n2-c2ccc(Cl)cc2)CC1. The molecular weight excluding hydrogens is 471 g/mol. The van der Waals surface area contributed by atoms with Gasteiger partial charge in [0.15, 0.2) is 0 Å². The second-order valence-corrected chi connectivity index (χ2v) is 9.56. The molecule has 2 fully saturated rings. The number of ether oxygens (including phenoxy) is 1. The number of hydrogen-bond donors (Lipinski definition) is 1. The van der Waals surface area contributed by atoms with Crippen molar-refractivity contribution >= 4 is 57.7 Å². The van der Waals surface area contributed by atoms with Gasteiger partial charge in [-0.1, -0.05) is 34.8 Å². The number of piperidine rings is 1. The summed E-state index contributed by atoms with van der Waals surface area (Å²) >= 11 is 18.7. The first-order chi connectivity index (χ1) is 15.5. The monoisotopic (exact) mass is 492 g/mol. The first-order valence-corrected chi connectivity index (χ1v) is 11.9. The first kappa shape index (κ1) is 21.8. The van der Waals surface area contributed by atoms with Gasteiger partial charge in [-0.05, 0) is 55.7 Å². The lowest BCUT2D eigenvalue weighted by Gasteiger charge is -2.32. The molecule has 1 N–H and O–H groups in total. The van der Waals surface area contributed by atoms with Crippen LogP contribution in [-0.4, -0.2) is 47.8 Å². The molecule has 0 bridgehead atoms. The molecule has 3 aromatic rings. The number of nitrogens with one attached hydrogen (secondary N) is 1. The van der Waals surface area contributed by atoms with Gasteiger partial charge in [0.2, 0.25) is 11.9 Å². The van der Waals surface area contributed by atoms with Crippen molar-refractivity contribution < 1.29 is 9.53 Å². The van der Waals surface area contributed by atoms with Gasteiger partial charge in [-0.25, -0.2) is 4.98 Å². The van der Waals surface area contributed by atoms with Crippen molar-refractivity contribution in [1.82, 2.24) is 14.9 Å². The Morgan fingerprint density at radius 3 is 2.44 bits per heavy atom. The van der Waals surface area contributed by atoms with Crippen LogP contribution in [0.1, 0.15) is 19.3 Å². The Balaban J connectivity index is 1.42. The molecule has 0 spiro atoms. The van der Waals surface area contributed by atoms with E-state index in [1.54, 1.807) is 6.07 Å². The Kier molecular flexibility index (Phi) is 6.21. The van der Waals surface area contributed by atoms with Crippen LogP contribution in [0.15, 0.2) is 36.4 Å². The predicted molar refractivity (Wildman–Crippen MR) is 128 cm³/mol. The van der Waals surface area contributed by atoms with Crippen LogP contribution in [0.3, 0.4) is 0 Å². The summed E-state index contributed by atoms with van der Waals surface area (Å²) in [7, 11) is 0. The number of imidazole rings is 1. The van der Waals surface area contributed by atoms with E-state index < -0.39 is 0 Å². The van der Waals surface area contributed by atoms with Crippen molar-refractivity contribution in [1.29, 1.82) is 0 Å². The zero-order chi connectivity index (χ0) is 22.2. The van der Waals surface area contributed by atoms with E-state index in [0.29, 0.717) is 21.7 Å². The van der Waals surface area contributed by atoms with E-state index in [-0.39, 0.29) is 17.9 Å². The van der Waals surface area contributed by atoms with Crippen LogP contribution >= 0.6 is 34.8 Å². The summed E-state index contributed by atoms with van der Waals surface area (Å²) in [4.78, 5) is 19.8. The van der Waals surface area contributed by atoms with Gasteiger partial charge in [0.1, 0.15) is 0 Å². The third kappa shape index (κ3) is 4.29. The Morgan fingerprint density at radius 2 is 1.75 bits per heavy atom. The van der Waals surface area contributed by atoms with E-state index in [9.17, 15) is 4.79 Å². The molecule has 168 valence electrons. The molecule has 2 aliphatic heterocycles. The largest absolute Gasteiger partial charge is 0.379 e. The lowest BCUT2D eigenvalue weighted by molar-refractivity contribution is -0.126. The van der Waals surface area contributed by atoms with Crippen LogP contribution in [0.4, 0.5) is 5.95 Å². The quantitative estimate of drug-likeness (QED) is 0.549. The molecular formula is C23H23Cl3N4O2. The summed E-state index contributed by atoms with van der Waals surface area (Å²) < 4.78 is 7.44. The third-order valence-electron chi connectivity index (χ3n) is 6.19. The molecule has 2 saturated heterocycles. The van der Waals surface area contributed by atoms with Gasteiger partial charge in [-0.3, -0.25) is 9.36 Å². The summed E-state index contributed by atoms with van der Waals surface area (Å²) in [6.07, 6.45) is 2.43. The standard InChI is InChI=1S/C23H23Cl3N4O2/c24-15-1-3-17(4-2-15)30-21-12-19(26)18(25)11-20(21)28-23(30)29-8-5-14(6-9-29)22(31)27-16-7-10-32-13-16/h1-4,11-12,14,16H,5-10,13H2,(H,27,31)/t16-/m1/s1. The Morgan fingerprint density at radius 1 is 1.03 bits per heavy atom. The average molecular weight is 494 g/mol. The molecule has 32 heavy (non-hydrogen) atoms. The lowest BCUT2D eigenvalue weighted by Crippen LogP contribution is -2.44. The minimum Gasteiger partial charge on any atom is -0.379 e. The molecule has 1 atom stereocenters. The number of hydrogen-bond acceptors (Lipinski definition) is 4. The molecule has 0 aliphatic carbocycles. The molecule has 5 rings (SSSR count). The lowest BCUT2D eigenvalue weighted by atomic mass is 9.95. The average Bonchev–Trinajstić information content (AvgIpc) is 3.43. The number of anilines is 1. The first-order valence-electron chi connectivity index (χ1n) is 10.8. The van der Waals surface area contributed by atoms with Crippen molar-refractivity contribution in [2.45, 2.75) is 25.3 Å². The minimum atomic E-state index is 0.00380. The molecule has 0 saturated carbocycles. The van der Waals surface area contributed by atoms with Gasteiger partial charge in [0.25, 0.3) is 0 Å². The summed E-state index contributed by atoms with van der Waals surface area (Å²) in [5.74, 6) is 0.942. The van der Waals surface area contributed by atoms with Crippen LogP contribution in [0.25, 0.3) is 16.7 Å². The Labute approximate surface area is 201 Å². The molecule has 1 aromatic heterocycles. The molecule has 6 nitrogen and oxygen atoms in total. The van der Waals surface area contributed by atoms with E-state index in [1.807, 2.05) is 30.3 Å². The predicted octanol–water partition coefficient (Wildman–Crippen LogP) is 5.11. The zero-order valence-electron chi connectivity index (χ0n) is 17.4. The maximum absolute atomic E-state index is 12.7. The van der Waals surface area contributed by atoms with Crippen molar-refractivity contribution in [3.8, 4) is 5.69 Å². The maximum atomic E-state index is 12.7. The fourth-order valence-electron chi connectivity index (χ4n) is 4.43. The van der Waals surface area contributed by atoms with Gasteiger partial charge < -0.3 is 15.0 Å². The number of fused-ring (bicyclic) bond motifs is 1. The summed E-state index contributed by atoms with van der Waals surface area (Å²) in [5, 5.41) is 4.75. The summed E-state index contributed by atoms with van der Waals surface area (Å²) in [6, 6.07) is 11.4. The number of benzene rings is 2. The maximum Gasteiger partial charge on any atom is 0.223 e. The minimum absolute atomic E-state index is 0.00380. The number of carbonyl (C=O) groups excluding carboxylic acids is 1.